The number of likely N-dealkylation sites (tertiary alicyclic amines) is 1. The van der Waals surface area contributed by atoms with Gasteiger partial charge in [-0.05, 0) is 57.9 Å². The molecule has 4 rings (SSSR count). The minimum Gasteiger partial charge on any atom is -0.444 e. The molecule has 2 amide bonds. The molecule has 10 heteroatoms. The van der Waals surface area contributed by atoms with E-state index in [1.807, 2.05) is 20.8 Å². The average molecular weight is 455 g/mol. The van der Waals surface area contributed by atoms with Gasteiger partial charge in [0.1, 0.15) is 17.0 Å². The van der Waals surface area contributed by atoms with E-state index >= 15 is 0 Å². The third-order valence-corrected chi connectivity index (χ3v) is 5.43. The first-order chi connectivity index (χ1) is 15.6. The fourth-order valence-electron chi connectivity index (χ4n) is 3.79. The Balaban J connectivity index is 1.52. The number of carbonyl (C=O) groups excluding carboxylic acids is 2. The third kappa shape index (κ3) is 5.05. The van der Waals surface area contributed by atoms with Crippen molar-refractivity contribution in [3.05, 3.63) is 64.0 Å². The van der Waals surface area contributed by atoms with Gasteiger partial charge in [-0.1, -0.05) is 0 Å². The highest BCUT2D eigenvalue weighted by molar-refractivity contribution is 6.08. The van der Waals surface area contributed by atoms with Crippen LogP contribution >= 0.6 is 0 Å². The maximum Gasteiger partial charge on any atom is 0.410 e. The molecule has 0 aliphatic carbocycles. The number of H-pyrrole nitrogens is 1. The molecule has 9 nitrogen and oxygen atoms in total. The van der Waals surface area contributed by atoms with Crippen molar-refractivity contribution >= 4 is 23.3 Å². The lowest BCUT2D eigenvalue weighted by Crippen LogP contribution is -2.41. The number of aromatic amines is 1. The van der Waals surface area contributed by atoms with Crippen LogP contribution in [0.4, 0.5) is 14.9 Å². The predicted octanol–water partition coefficient (Wildman–Crippen LogP) is 3.53. The number of nitrogens with one attached hydrogen (secondary N) is 2. The number of anilines is 1. The summed E-state index contributed by atoms with van der Waals surface area (Å²) in [5, 5.41) is 5.44. The molecule has 3 heterocycles. The zero-order valence-electron chi connectivity index (χ0n) is 18.7. The van der Waals surface area contributed by atoms with E-state index in [1.165, 1.54) is 41.0 Å². The highest BCUT2D eigenvalue weighted by Crippen LogP contribution is 2.27. The van der Waals surface area contributed by atoms with Crippen LogP contribution in [0.3, 0.4) is 0 Å². The Morgan fingerprint density at radius 2 is 1.85 bits per heavy atom. The van der Waals surface area contributed by atoms with Gasteiger partial charge in [0.15, 0.2) is 5.65 Å². The van der Waals surface area contributed by atoms with Gasteiger partial charge in [-0.2, -0.15) is 0 Å². The first-order valence-corrected chi connectivity index (χ1v) is 10.8. The van der Waals surface area contributed by atoms with Crippen molar-refractivity contribution in [2.45, 2.75) is 45.1 Å². The van der Waals surface area contributed by atoms with Gasteiger partial charge in [-0.25, -0.2) is 18.7 Å². The molecule has 33 heavy (non-hydrogen) atoms. The van der Waals surface area contributed by atoms with Crippen LogP contribution < -0.4 is 10.9 Å². The second-order valence-electron chi connectivity index (χ2n) is 9.07. The van der Waals surface area contributed by atoms with E-state index in [0.29, 0.717) is 37.3 Å². The number of hydrogen-bond donors (Lipinski definition) is 2. The van der Waals surface area contributed by atoms with E-state index in [2.05, 4.69) is 15.4 Å². The van der Waals surface area contributed by atoms with Crippen LogP contribution in [0.15, 0.2) is 41.3 Å². The van der Waals surface area contributed by atoms with Gasteiger partial charge in [-0.3, -0.25) is 14.7 Å². The Kier molecular flexibility index (Phi) is 5.92. The van der Waals surface area contributed by atoms with Crippen molar-refractivity contribution in [1.29, 1.82) is 0 Å². The molecular weight excluding hydrogens is 429 g/mol. The largest absolute Gasteiger partial charge is 0.444 e. The van der Waals surface area contributed by atoms with Gasteiger partial charge < -0.3 is 15.0 Å². The molecule has 0 radical (unpaired) electrons. The Morgan fingerprint density at radius 1 is 1.18 bits per heavy atom. The second kappa shape index (κ2) is 8.68. The van der Waals surface area contributed by atoms with E-state index < -0.39 is 17.3 Å². The number of aromatic nitrogens is 3. The summed E-state index contributed by atoms with van der Waals surface area (Å²) in [5.74, 6) is -0.899. The molecule has 0 spiro atoms. The SMILES string of the molecule is CC(C)(C)OC(=O)N1CCC(c2cc(=O)n3[nH]cc(C(=O)Nc4ccc(F)cc4)c3n2)CC1. The third-order valence-electron chi connectivity index (χ3n) is 5.43. The molecule has 2 N–H and O–H groups in total. The van der Waals surface area contributed by atoms with Crippen molar-refractivity contribution < 1.29 is 18.7 Å². The van der Waals surface area contributed by atoms with Crippen LogP contribution in [-0.4, -0.2) is 50.2 Å². The van der Waals surface area contributed by atoms with Crippen molar-refractivity contribution in [2.24, 2.45) is 0 Å². The number of ether oxygens (including phenoxy) is 1. The molecule has 1 aliphatic heterocycles. The Morgan fingerprint density at radius 3 is 2.48 bits per heavy atom. The summed E-state index contributed by atoms with van der Waals surface area (Å²) in [6.45, 7) is 6.46. The summed E-state index contributed by atoms with van der Waals surface area (Å²) in [6, 6.07) is 6.85. The van der Waals surface area contributed by atoms with E-state index in [4.69, 9.17) is 4.74 Å². The molecule has 2 aromatic heterocycles. The quantitative estimate of drug-likeness (QED) is 0.628. The summed E-state index contributed by atoms with van der Waals surface area (Å²) in [7, 11) is 0. The lowest BCUT2D eigenvalue weighted by atomic mass is 9.93. The highest BCUT2D eigenvalue weighted by atomic mass is 19.1. The topological polar surface area (TPSA) is 109 Å². The van der Waals surface area contributed by atoms with Crippen LogP contribution in [0, 0.1) is 5.82 Å². The van der Waals surface area contributed by atoms with Crippen molar-refractivity contribution in [3.8, 4) is 0 Å². The average Bonchev–Trinajstić information content (AvgIpc) is 3.19. The van der Waals surface area contributed by atoms with E-state index in [9.17, 15) is 18.8 Å². The normalized spacial score (nSPS) is 15.0. The maximum atomic E-state index is 13.1. The Bertz CT molecular complexity index is 1230. The molecule has 1 saturated heterocycles. The van der Waals surface area contributed by atoms with Crippen molar-refractivity contribution in [2.75, 3.05) is 18.4 Å². The van der Waals surface area contributed by atoms with Crippen molar-refractivity contribution in [3.63, 3.8) is 0 Å². The maximum absolute atomic E-state index is 13.1. The highest BCUT2D eigenvalue weighted by Gasteiger charge is 2.29. The summed E-state index contributed by atoms with van der Waals surface area (Å²) in [6.07, 6.45) is 2.32. The van der Waals surface area contributed by atoms with Gasteiger partial charge in [0.05, 0.1) is 5.69 Å². The lowest BCUT2D eigenvalue weighted by Gasteiger charge is -2.33. The van der Waals surface area contributed by atoms with Crippen LogP contribution in [0.2, 0.25) is 0 Å². The van der Waals surface area contributed by atoms with E-state index in [0.717, 1.165) is 0 Å². The molecule has 0 saturated carbocycles. The number of nitrogens with zero attached hydrogens (tertiary/aromatic N) is 3. The smallest absolute Gasteiger partial charge is 0.410 e. The van der Waals surface area contributed by atoms with E-state index in [1.54, 1.807) is 4.90 Å². The lowest BCUT2D eigenvalue weighted by molar-refractivity contribution is 0.0204. The fraction of sp³-hybridized carbons (Fsp3) is 0.391. The van der Waals surface area contributed by atoms with Gasteiger partial charge in [0, 0.05) is 37.0 Å². The predicted molar refractivity (Wildman–Crippen MR) is 120 cm³/mol. The zero-order chi connectivity index (χ0) is 23.8. The molecule has 0 unspecified atom stereocenters. The molecule has 0 bridgehead atoms. The first kappa shape index (κ1) is 22.5. The molecule has 1 fully saturated rings. The van der Waals surface area contributed by atoms with Crippen LogP contribution in [0.1, 0.15) is 55.6 Å². The summed E-state index contributed by atoms with van der Waals surface area (Å²) < 4.78 is 19.8. The molecule has 1 aliphatic rings. The van der Waals surface area contributed by atoms with Crippen LogP contribution in [-0.2, 0) is 4.74 Å². The number of benzene rings is 1. The summed E-state index contributed by atoms with van der Waals surface area (Å²) >= 11 is 0. The number of piperidine rings is 1. The number of carbonyl (C=O) groups is 2. The summed E-state index contributed by atoms with van der Waals surface area (Å²) in [5.41, 5.74) is 0.531. The summed E-state index contributed by atoms with van der Waals surface area (Å²) in [4.78, 5) is 44.0. The monoisotopic (exact) mass is 455 g/mol. The number of halogens is 1. The van der Waals surface area contributed by atoms with Crippen molar-refractivity contribution in [1.82, 2.24) is 19.5 Å². The number of hydrogen-bond acceptors (Lipinski definition) is 5. The Labute approximate surface area is 189 Å². The molecule has 0 atom stereocenters. The number of fused-ring (bicyclic) bond motifs is 1. The van der Waals surface area contributed by atoms with Crippen LogP contribution in [0.25, 0.3) is 5.65 Å². The first-order valence-electron chi connectivity index (χ1n) is 10.8. The molecule has 174 valence electrons. The minimum absolute atomic E-state index is 0.0238. The van der Waals surface area contributed by atoms with Gasteiger partial charge in [0.25, 0.3) is 11.5 Å². The van der Waals surface area contributed by atoms with Gasteiger partial charge in [0.2, 0.25) is 0 Å². The molecular formula is C23H26FN5O4. The number of amides is 2. The Hall–Kier alpha value is -3.69. The van der Waals surface area contributed by atoms with Gasteiger partial charge >= 0.3 is 6.09 Å². The number of rotatable bonds is 3. The van der Waals surface area contributed by atoms with Gasteiger partial charge in [-0.15, -0.1) is 0 Å². The second-order valence-corrected chi connectivity index (χ2v) is 9.07. The van der Waals surface area contributed by atoms with E-state index in [-0.39, 0.29) is 28.8 Å². The van der Waals surface area contributed by atoms with Crippen LogP contribution in [0.5, 0.6) is 0 Å². The zero-order valence-corrected chi connectivity index (χ0v) is 18.7. The minimum atomic E-state index is -0.561. The molecule has 1 aromatic carbocycles. The standard InChI is InChI=1S/C23H26FN5O4/c1-23(2,3)33-22(32)28-10-8-14(9-11-28)18-12-19(30)29-20(27-18)17(13-25-29)21(31)26-16-6-4-15(24)5-7-16/h4-7,12-14,25H,8-11H2,1-3H3,(H,26,31). The fourth-order valence-corrected chi connectivity index (χ4v) is 3.79. The molecule has 3 aromatic rings.